The van der Waals surface area contributed by atoms with Gasteiger partial charge in [-0.25, -0.2) is 9.07 Å². The molecule has 1 aliphatic rings. The molecule has 132 valence electrons. The van der Waals surface area contributed by atoms with E-state index in [4.69, 9.17) is 0 Å². The van der Waals surface area contributed by atoms with Crippen LogP contribution in [0.4, 0.5) is 16.0 Å². The molecule has 4 rings (SSSR count). The molecule has 2 aromatic carbocycles. The molecule has 0 spiro atoms. The lowest BCUT2D eigenvalue weighted by Gasteiger charge is -2.36. The third kappa shape index (κ3) is 2.92. The van der Waals surface area contributed by atoms with E-state index in [0.717, 1.165) is 11.3 Å². The van der Waals surface area contributed by atoms with Crippen LogP contribution >= 0.6 is 0 Å². The van der Waals surface area contributed by atoms with E-state index >= 15 is 0 Å². The van der Waals surface area contributed by atoms with Crippen molar-refractivity contribution in [2.75, 3.05) is 10.6 Å². The number of aromatic nitrogens is 3. The summed E-state index contributed by atoms with van der Waals surface area (Å²) in [5, 5.41) is 10.5. The monoisotopic (exact) mass is 351 g/mol. The molecule has 3 atom stereocenters. The summed E-state index contributed by atoms with van der Waals surface area (Å²) < 4.78 is 15.1. The predicted octanol–water partition coefficient (Wildman–Crippen LogP) is 3.08. The lowest BCUT2D eigenvalue weighted by Crippen LogP contribution is -2.46. The first-order chi connectivity index (χ1) is 12.6. The third-order valence-electron chi connectivity index (χ3n) is 4.63. The molecule has 3 aromatic rings. The van der Waals surface area contributed by atoms with Gasteiger partial charge >= 0.3 is 0 Å². The van der Waals surface area contributed by atoms with Gasteiger partial charge in [-0.05, 0) is 36.8 Å². The highest BCUT2D eigenvalue weighted by atomic mass is 19.1. The number of rotatable bonds is 3. The number of anilines is 2. The standard InChI is InChI=1S/C19H18FN5O/c1-12-16(18(26)24-15-5-3-2-4-6-15)17(13-7-9-14(20)10-8-13)25-19(23-12)21-11-22-25/h2-12,16-17H,1H3,(H,24,26)(H,21,22,23)/t12-,16+,17+/m0/s1. The van der Waals surface area contributed by atoms with Gasteiger partial charge in [0.15, 0.2) is 0 Å². The van der Waals surface area contributed by atoms with E-state index in [1.807, 2.05) is 37.3 Å². The van der Waals surface area contributed by atoms with Gasteiger partial charge in [0.25, 0.3) is 0 Å². The summed E-state index contributed by atoms with van der Waals surface area (Å²) >= 11 is 0. The van der Waals surface area contributed by atoms with Crippen LogP contribution in [0.5, 0.6) is 0 Å². The fourth-order valence-electron chi connectivity index (χ4n) is 3.40. The van der Waals surface area contributed by atoms with Crippen LogP contribution in [0.2, 0.25) is 0 Å². The highest BCUT2D eigenvalue weighted by Gasteiger charge is 2.41. The van der Waals surface area contributed by atoms with E-state index in [9.17, 15) is 9.18 Å². The van der Waals surface area contributed by atoms with Crippen molar-refractivity contribution >= 4 is 17.5 Å². The van der Waals surface area contributed by atoms with Crippen molar-refractivity contribution in [1.29, 1.82) is 0 Å². The normalized spacial score (nSPS) is 21.5. The molecule has 0 saturated heterocycles. The zero-order valence-corrected chi connectivity index (χ0v) is 14.1. The topological polar surface area (TPSA) is 71.8 Å². The zero-order valence-electron chi connectivity index (χ0n) is 14.1. The number of para-hydroxylation sites is 1. The Morgan fingerprint density at radius 1 is 1.15 bits per heavy atom. The van der Waals surface area contributed by atoms with Gasteiger partial charge in [-0.2, -0.15) is 10.1 Å². The fourth-order valence-corrected chi connectivity index (χ4v) is 3.40. The Kier molecular flexibility index (Phi) is 4.12. The molecule has 0 radical (unpaired) electrons. The molecule has 2 N–H and O–H groups in total. The first-order valence-corrected chi connectivity index (χ1v) is 8.41. The summed E-state index contributed by atoms with van der Waals surface area (Å²) in [4.78, 5) is 17.3. The largest absolute Gasteiger partial charge is 0.351 e. The number of fused-ring (bicyclic) bond motifs is 1. The van der Waals surface area contributed by atoms with Crippen LogP contribution in [0.3, 0.4) is 0 Å². The predicted molar refractivity (Wildman–Crippen MR) is 96.2 cm³/mol. The molecule has 0 saturated carbocycles. The van der Waals surface area contributed by atoms with Gasteiger partial charge in [-0.3, -0.25) is 4.79 Å². The average molecular weight is 351 g/mol. The van der Waals surface area contributed by atoms with Crippen molar-refractivity contribution < 1.29 is 9.18 Å². The van der Waals surface area contributed by atoms with E-state index in [2.05, 4.69) is 20.7 Å². The van der Waals surface area contributed by atoms with Crippen molar-refractivity contribution in [1.82, 2.24) is 14.8 Å². The average Bonchev–Trinajstić information content (AvgIpc) is 3.10. The number of hydrogen-bond donors (Lipinski definition) is 2. The van der Waals surface area contributed by atoms with Crippen molar-refractivity contribution in [2.24, 2.45) is 5.92 Å². The number of benzene rings is 2. The number of carbonyl (C=O) groups is 1. The molecule has 1 amide bonds. The molecule has 7 heteroatoms. The molecular formula is C19H18FN5O. The van der Waals surface area contributed by atoms with Gasteiger partial charge in [0.05, 0.1) is 12.0 Å². The van der Waals surface area contributed by atoms with Gasteiger partial charge in [0, 0.05) is 11.7 Å². The van der Waals surface area contributed by atoms with Gasteiger partial charge in [0.2, 0.25) is 11.9 Å². The summed E-state index contributed by atoms with van der Waals surface area (Å²) in [6.45, 7) is 1.93. The molecule has 6 nitrogen and oxygen atoms in total. The number of hydrogen-bond acceptors (Lipinski definition) is 4. The van der Waals surface area contributed by atoms with Gasteiger partial charge in [-0.15, -0.1) is 0 Å². The lowest BCUT2D eigenvalue weighted by molar-refractivity contribution is -0.121. The Bertz CT molecular complexity index is 909. The highest BCUT2D eigenvalue weighted by molar-refractivity contribution is 5.94. The Labute approximate surface area is 150 Å². The van der Waals surface area contributed by atoms with Crippen LogP contribution in [-0.2, 0) is 4.79 Å². The molecule has 0 bridgehead atoms. The van der Waals surface area contributed by atoms with Crippen molar-refractivity contribution in [3.05, 3.63) is 72.3 Å². The van der Waals surface area contributed by atoms with E-state index < -0.39 is 5.92 Å². The van der Waals surface area contributed by atoms with Gasteiger partial charge in [0.1, 0.15) is 12.1 Å². The van der Waals surface area contributed by atoms with E-state index in [1.54, 1.807) is 16.8 Å². The maximum Gasteiger partial charge on any atom is 0.232 e. The molecule has 26 heavy (non-hydrogen) atoms. The SMILES string of the molecule is C[C@@H]1Nc2ncnn2[C@H](c2ccc(F)cc2)[C@@H]1C(=O)Nc1ccccc1. The summed E-state index contributed by atoms with van der Waals surface area (Å²) in [6, 6.07) is 14.9. The molecule has 0 aliphatic carbocycles. The molecule has 0 unspecified atom stereocenters. The maximum absolute atomic E-state index is 13.4. The zero-order chi connectivity index (χ0) is 18.1. The minimum absolute atomic E-state index is 0.133. The van der Waals surface area contributed by atoms with Crippen LogP contribution in [0.25, 0.3) is 0 Å². The van der Waals surface area contributed by atoms with E-state index in [1.165, 1.54) is 18.5 Å². The number of nitrogens with zero attached hydrogens (tertiary/aromatic N) is 3. The van der Waals surface area contributed by atoms with E-state index in [0.29, 0.717) is 5.95 Å². The smallest absolute Gasteiger partial charge is 0.232 e. The van der Waals surface area contributed by atoms with Crippen molar-refractivity contribution in [3.63, 3.8) is 0 Å². The minimum atomic E-state index is -0.449. The Morgan fingerprint density at radius 2 is 1.88 bits per heavy atom. The fraction of sp³-hybridized carbons (Fsp3) is 0.211. The van der Waals surface area contributed by atoms with Crippen LogP contribution in [-0.4, -0.2) is 26.7 Å². The maximum atomic E-state index is 13.4. The van der Waals surface area contributed by atoms with Crippen molar-refractivity contribution in [2.45, 2.75) is 19.0 Å². The Balaban J connectivity index is 1.73. The number of carbonyl (C=O) groups excluding carboxylic acids is 1. The number of nitrogens with one attached hydrogen (secondary N) is 2. The Morgan fingerprint density at radius 3 is 2.62 bits per heavy atom. The van der Waals surface area contributed by atoms with Gasteiger partial charge in [-0.1, -0.05) is 30.3 Å². The third-order valence-corrected chi connectivity index (χ3v) is 4.63. The lowest BCUT2D eigenvalue weighted by atomic mass is 9.85. The second kappa shape index (κ2) is 6.59. The first-order valence-electron chi connectivity index (χ1n) is 8.41. The molecular weight excluding hydrogens is 333 g/mol. The van der Waals surface area contributed by atoms with E-state index in [-0.39, 0.29) is 23.8 Å². The number of halogens is 1. The van der Waals surface area contributed by atoms with Crippen molar-refractivity contribution in [3.8, 4) is 0 Å². The van der Waals surface area contributed by atoms with Crippen LogP contribution in [0, 0.1) is 11.7 Å². The quantitative estimate of drug-likeness (QED) is 0.761. The molecule has 2 heterocycles. The summed E-state index contributed by atoms with van der Waals surface area (Å²) in [6.07, 6.45) is 1.45. The van der Waals surface area contributed by atoms with Crippen LogP contribution in [0.15, 0.2) is 60.9 Å². The second-order valence-electron chi connectivity index (χ2n) is 6.34. The molecule has 0 fully saturated rings. The van der Waals surface area contributed by atoms with Gasteiger partial charge < -0.3 is 10.6 Å². The molecule has 1 aromatic heterocycles. The highest BCUT2D eigenvalue weighted by Crippen LogP contribution is 2.36. The number of amides is 1. The van der Waals surface area contributed by atoms with Crippen LogP contribution < -0.4 is 10.6 Å². The summed E-state index contributed by atoms with van der Waals surface area (Å²) in [7, 11) is 0. The molecule has 1 aliphatic heterocycles. The second-order valence-corrected chi connectivity index (χ2v) is 6.34. The Hall–Kier alpha value is -3.22. The van der Waals surface area contributed by atoms with Crippen LogP contribution in [0.1, 0.15) is 18.5 Å². The minimum Gasteiger partial charge on any atom is -0.351 e. The first kappa shape index (κ1) is 16.3. The summed E-state index contributed by atoms with van der Waals surface area (Å²) in [5.41, 5.74) is 1.53. The summed E-state index contributed by atoms with van der Waals surface area (Å²) in [5.74, 6) is -0.308.